The van der Waals surface area contributed by atoms with Gasteiger partial charge in [-0.05, 0) is 81.3 Å². The SMILES string of the molecule is [2H]C([2H])([2H])c1cnc(-c2cccc3c2oc2c3ccc3ccc4cc(-c5ccccc5)ccc4c32)cc1C([2H])([2H])C(C)(C)C. The summed E-state index contributed by atoms with van der Waals surface area (Å²) in [5.41, 5.74) is 4.05. The number of para-hydroxylation sites is 1. The van der Waals surface area contributed by atoms with Crippen LogP contribution < -0.4 is 0 Å². The van der Waals surface area contributed by atoms with Crippen LogP contribution in [0.1, 0.15) is 38.8 Å². The molecule has 190 valence electrons. The van der Waals surface area contributed by atoms with Gasteiger partial charge in [-0.1, -0.05) is 93.6 Å². The zero-order valence-electron chi connectivity index (χ0n) is 27.2. The number of pyridine rings is 1. The normalized spacial score (nSPS) is 14.8. The molecular weight excluding hydrogens is 474 g/mol. The second-order valence-corrected chi connectivity index (χ2v) is 11.2. The molecule has 0 radical (unpaired) electrons. The van der Waals surface area contributed by atoms with Gasteiger partial charge in [-0.15, -0.1) is 0 Å². The highest BCUT2D eigenvalue weighted by Crippen LogP contribution is 2.41. The van der Waals surface area contributed by atoms with E-state index in [4.69, 9.17) is 11.3 Å². The smallest absolute Gasteiger partial charge is 0.144 e. The minimum atomic E-state index is -2.51. The number of benzene rings is 5. The van der Waals surface area contributed by atoms with E-state index in [2.05, 4.69) is 59.6 Å². The lowest BCUT2D eigenvalue weighted by atomic mass is 9.86. The van der Waals surface area contributed by atoms with Crippen molar-refractivity contribution in [1.29, 1.82) is 0 Å². The van der Waals surface area contributed by atoms with E-state index in [0.29, 0.717) is 16.8 Å². The van der Waals surface area contributed by atoms with Crippen molar-refractivity contribution in [2.45, 2.75) is 34.0 Å². The molecule has 0 fully saturated rings. The lowest BCUT2D eigenvalue weighted by Crippen LogP contribution is -2.10. The van der Waals surface area contributed by atoms with Gasteiger partial charge in [-0.2, -0.15) is 0 Å². The van der Waals surface area contributed by atoms with E-state index in [1.807, 2.05) is 36.4 Å². The first-order chi connectivity index (χ1) is 20.8. The average molecular weight is 511 g/mol. The largest absolute Gasteiger partial charge is 0.455 e. The second kappa shape index (κ2) is 8.81. The van der Waals surface area contributed by atoms with Gasteiger partial charge >= 0.3 is 0 Å². The predicted octanol–water partition coefficient (Wildman–Crippen LogP) is 10.5. The molecule has 0 aliphatic heterocycles. The number of hydrogen-bond donors (Lipinski definition) is 0. The molecule has 2 nitrogen and oxygen atoms in total. The summed E-state index contributed by atoms with van der Waals surface area (Å²) in [6, 6.07) is 32.7. The predicted molar refractivity (Wildman–Crippen MR) is 165 cm³/mol. The lowest BCUT2D eigenvalue weighted by Gasteiger charge is -2.20. The number of furan rings is 1. The Labute approximate surface area is 236 Å². The topological polar surface area (TPSA) is 26.0 Å². The van der Waals surface area contributed by atoms with E-state index in [9.17, 15) is 0 Å². The summed E-state index contributed by atoms with van der Waals surface area (Å²) in [5.74, 6) is 0. The maximum Gasteiger partial charge on any atom is 0.144 e. The van der Waals surface area contributed by atoms with Gasteiger partial charge in [-0.3, -0.25) is 4.98 Å². The fourth-order valence-electron chi connectivity index (χ4n) is 5.52. The molecule has 7 aromatic rings. The van der Waals surface area contributed by atoms with E-state index >= 15 is 0 Å². The number of hydrogen-bond acceptors (Lipinski definition) is 2. The zero-order valence-corrected chi connectivity index (χ0v) is 22.2. The summed E-state index contributed by atoms with van der Waals surface area (Å²) in [7, 11) is 0. The average Bonchev–Trinajstić information content (AvgIpc) is 3.39. The molecule has 5 aromatic carbocycles. The van der Waals surface area contributed by atoms with E-state index in [0.717, 1.165) is 49.0 Å². The molecule has 0 spiro atoms. The Morgan fingerprint density at radius 1 is 0.744 bits per heavy atom. The van der Waals surface area contributed by atoms with Crippen molar-refractivity contribution >= 4 is 43.5 Å². The van der Waals surface area contributed by atoms with Gasteiger partial charge in [0, 0.05) is 34.8 Å². The van der Waals surface area contributed by atoms with Crippen LogP contribution in [0.4, 0.5) is 0 Å². The minimum absolute atomic E-state index is 0.0784. The van der Waals surface area contributed by atoms with Crippen LogP contribution in [0.15, 0.2) is 108 Å². The van der Waals surface area contributed by atoms with E-state index < -0.39 is 18.6 Å². The van der Waals surface area contributed by atoms with Crippen LogP contribution in [0.25, 0.3) is 65.9 Å². The highest BCUT2D eigenvalue weighted by Gasteiger charge is 2.18. The van der Waals surface area contributed by atoms with Crippen molar-refractivity contribution in [2.24, 2.45) is 5.41 Å². The van der Waals surface area contributed by atoms with Crippen LogP contribution in [-0.4, -0.2) is 4.98 Å². The van der Waals surface area contributed by atoms with Crippen LogP contribution in [-0.2, 0) is 6.37 Å². The third-order valence-corrected chi connectivity index (χ3v) is 7.26. The molecule has 0 atom stereocenters. The molecule has 2 heterocycles. The van der Waals surface area contributed by atoms with Crippen LogP contribution >= 0.6 is 0 Å². The molecule has 2 heteroatoms. The maximum absolute atomic E-state index is 8.95. The fraction of sp³-hybridized carbons (Fsp3) is 0.162. The number of aryl methyl sites for hydroxylation is 1. The molecule has 0 saturated carbocycles. The lowest BCUT2D eigenvalue weighted by molar-refractivity contribution is 0.410. The van der Waals surface area contributed by atoms with Gasteiger partial charge in [0.05, 0.1) is 5.69 Å². The molecule has 7 rings (SSSR count). The van der Waals surface area contributed by atoms with Crippen LogP contribution in [0.3, 0.4) is 0 Å². The van der Waals surface area contributed by atoms with E-state index in [1.165, 1.54) is 6.20 Å². The molecule has 0 saturated heterocycles. The first-order valence-electron chi connectivity index (χ1n) is 15.7. The molecule has 0 aliphatic rings. The Morgan fingerprint density at radius 2 is 1.51 bits per heavy atom. The molecule has 2 aromatic heterocycles. The molecule has 0 N–H and O–H groups in total. The molecule has 0 aliphatic carbocycles. The minimum Gasteiger partial charge on any atom is -0.455 e. The van der Waals surface area contributed by atoms with Crippen molar-refractivity contribution in [3.63, 3.8) is 0 Å². The standard InChI is InChI=1S/C37H31NO/c1-23-22-38-33(20-28(23)21-37(2,3)4)32-12-8-11-30-31-18-15-25-13-14-27-19-26(24-9-6-5-7-10-24)16-17-29(27)34(25)36(31)39-35(30)32/h5-20,22H,21H2,1-4H3/i1D3,21D2. The van der Waals surface area contributed by atoms with Crippen LogP contribution in [0.5, 0.6) is 0 Å². The van der Waals surface area contributed by atoms with Crippen LogP contribution in [0.2, 0.25) is 0 Å². The quantitative estimate of drug-likeness (QED) is 0.221. The molecule has 0 unspecified atom stereocenters. The van der Waals surface area contributed by atoms with E-state index in [-0.39, 0.29) is 11.1 Å². The van der Waals surface area contributed by atoms with Crippen molar-refractivity contribution in [3.05, 3.63) is 114 Å². The van der Waals surface area contributed by atoms with Gasteiger partial charge in [0.25, 0.3) is 0 Å². The zero-order chi connectivity index (χ0) is 31.0. The summed E-state index contributed by atoms with van der Waals surface area (Å²) in [6.45, 7) is 2.81. The molecule has 39 heavy (non-hydrogen) atoms. The maximum atomic E-state index is 8.95. The number of nitrogens with zero attached hydrogens (tertiary/aromatic N) is 1. The Kier molecular flexibility index (Phi) is 4.24. The van der Waals surface area contributed by atoms with Gasteiger partial charge in [-0.25, -0.2) is 0 Å². The van der Waals surface area contributed by atoms with Crippen LogP contribution in [0, 0.1) is 12.3 Å². The molecule has 0 amide bonds. The summed E-state index contributed by atoms with van der Waals surface area (Å²) in [5, 5.41) is 6.19. The molecular formula is C37H31NO. The Bertz CT molecular complexity index is 2220. The Morgan fingerprint density at radius 3 is 2.33 bits per heavy atom. The molecule has 0 bridgehead atoms. The Hall–Kier alpha value is -4.43. The van der Waals surface area contributed by atoms with Gasteiger partial charge < -0.3 is 4.42 Å². The van der Waals surface area contributed by atoms with Crippen molar-refractivity contribution in [1.82, 2.24) is 4.98 Å². The summed E-state index contributed by atoms with van der Waals surface area (Å²) in [6.07, 6.45) is -0.625. The van der Waals surface area contributed by atoms with Gasteiger partial charge in [0.15, 0.2) is 0 Å². The first-order valence-corrected chi connectivity index (χ1v) is 13.2. The van der Waals surface area contributed by atoms with E-state index in [1.54, 1.807) is 26.8 Å². The van der Waals surface area contributed by atoms with Crippen molar-refractivity contribution < 1.29 is 11.3 Å². The van der Waals surface area contributed by atoms with Gasteiger partial charge in [0.2, 0.25) is 0 Å². The van der Waals surface area contributed by atoms with Crippen molar-refractivity contribution in [2.75, 3.05) is 0 Å². The third-order valence-electron chi connectivity index (χ3n) is 7.26. The number of rotatable bonds is 3. The van der Waals surface area contributed by atoms with Gasteiger partial charge in [0.1, 0.15) is 11.2 Å². The number of aromatic nitrogens is 1. The second-order valence-electron chi connectivity index (χ2n) is 11.2. The highest BCUT2D eigenvalue weighted by atomic mass is 16.3. The third kappa shape index (κ3) is 4.08. The first kappa shape index (κ1) is 18.8. The summed E-state index contributed by atoms with van der Waals surface area (Å²) >= 11 is 0. The monoisotopic (exact) mass is 510 g/mol. The Balaban J connectivity index is 1.47. The number of fused-ring (bicyclic) bond motifs is 7. The summed E-state index contributed by atoms with van der Waals surface area (Å²) < 4.78 is 48.9. The summed E-state index contributed by atoms with van der Waals surface area (Å²) in [4.78, 5) is 4.56. The highest BCUT2D eigenvalue weighted by molar-refractivity contribution is 6.24. The van der Waals surface area contributed by atoms with Crippen molar-refractivity contribution in [3.8, 4) is 22.4 Å². The fourth-order valence-corrected chi connectivity index (χ4v) is 5.52.